The third kappa shape index (κ3) is 3.44. The van der Waals surface area contributed by atoms with Gasteiger partial charge in [-0.1, -0.05) is 0 Å². The van der Waals surface area contributed by atoms with Gasteiger partial charge in [0, 0.05) is 43.5 Å². The third-order valence-corrected chi connectivity index (χ3v) is 5.90. The Morgan fingerprint density at radius 3 is 2.46 bits per heavy atom. The molecule has 2 aliphatic heterocycles. The molecule has 5 rings (SSSR count). The first-order valence-corrected chi connectivity index (χ1v) is 10.2. The Balaban J connectivity index is 1.28. The van der Waals surface area contributed by atoms with E-state index in [0.717, 1.165) is 68.7 Å². The lowest BCUT2D eigenvalue weighted by Gasteiger charge is -2.30. The van der Waals surface area contributed by atoms with Gasteiger partial charge in [0.05, 0.1) is 0 Å². The molecule has 0 bridgehead atoms. The molecule has 2 saturated heterocycles. The van der Waals surface area contributed by atoms with Crippen molar-refractivity contribution in [2.24, 2.45) is 0 Å². The minimum absolute atomic E-state index is 0.404. The van der Waals surface area contributed by atoms with Gasteiger partial charge in [-0.05, 0) is 57.8 Å². The number of nitrogens with zero attached hydrogens (tertiary/aromatic N) is 8. The molecule has 0 saturated carbocycles. The molecule has 8 nitrogen and oxygen atoms in total. The molecule has 0 amide bonds. The predicted molar refractivity (Wildman–Crippen MR) is 106 cm³/mol. The summed E-state index contributed by atoms with van der Waals surface area (Å²) in [7, 11) is 0. The third-order valence-electron chi connectivity index (χ3n) is 5.90. The van der Waals surface area contributed by atoms with Crippen LogP contribution in [0.2, 0.25) is 0 Å². The van der Waals surface area contributed by atoms with Gasteiger partial charge in [-0.25, -0.2) is 9.97 Å². The fourth-order valence-electron chi connectivity index (χ4n) is 4.27. The van der Waals surface area contributed by atoms with E-state index in [2.05, 4.69) is 36.0 Å². The summed E-state index contributed by atoms with van der Waals surface area (Å²) in [5.74, 6) is 3.28. The van der Waals surface area contributed by atoms with Crippen molar-refractivity contribution < 1.29 is 0 Å². The molecule has 3 aromatic heterocycles. The molecule has 3 aromatic rings. The van der Waals surface area contributed by atoms with Crippen molar-refractivity contribution in [3.8, 4) is 0 Å². The average Bonchev–Trinajstić information content (AvgIpc) is 3.40. The van der Waals surface area contributed by atoms with Crippen LogP contribution in [0, 0.1) is 6.92 Å². The highest BCUT2D eigenvalue weighted by Crippen LogP contribution is 2.28. The van der Waals surface area contributed by atoms with Crippen LogP contribution in [0.1, 0.15) is 48.8 Å². The monoisotopic (exact) mass is 378 g/mol. The molecule has 0 unspecified atom stereocenters. The largest absolute Gasteiger partial charge is 0.355 e. The molecule has 0 atom stereocenters. The highest BCUT2D eigenvalue weighted by molar-refractivity contribution is 5.46. The van der Waals surface area contributed by atoms with Crippen molar-refractivity contribution >= 4 is 11.5 Å². The first-order valence-electron chi connectivity index (χ1n) is 10.2. The number of hydrogen-bond donors (Lipinski definition) is 0. The highest BCUT2D eigenvalue weighted by atomic mass is 15.4. The Morgan fingerprint density at radius 1 is 0.964 bits per heavy atom. The second-order valence-corrected chi connectivity index (χ2v) is 7.90. The molecule has 0 aliphatic carbocycles. The van der Waals surface area contributed by atoms with Gasteiger partial charge in [-0.3, -0.25) is 4.90 Å². The van der Waals surface area contributed by atoms with Crippen LogP contribution in [0.15, 0.2) is 24.5 Å². The SMILES string of the molecule is Cc1ncc(CN2CCC(c3nnc4ccc(N5CCCC5)nn34)CC2)cn1. The van der Waals surface area contributed by atoms with E-state index >= 15 is 0 Å². The number of aryl methyl sites for hydroxylation is 1. The molecule has 0 aromatic carbocycles. The van der Waals surface area contributed by atoms with E-state index < -0.39 is 0 Å². The Hall–Kier alpha value is -2.61. The number of rotatable bonds is 4. The summed E-state index contributed by atoms with van der Waals surface area (Å²) in [6.07, 6.45) is 8.51. The molecular formula is C20H26N8. The van der Waals surface area contributed by atoms with Crippen molar-refractivity contribution in [2.45, 2.75) is 45.1 Å². The number of piperidine rings is 1. The van der Waals surface area contributed by atoms with Gasteiger partial charge in [-0.15, -0.1) is 15.3 Å². The topological polar surface area (TPSA) is 75.3 Å². The summed E-state index contributed by atoms with van der Waals surface area (Å²) >= 11 is 0. The molecule has 146 valence electrons. The van der Waals surface area contributed by atoms with Crippen molar-refractivity contribution in [3.05, 3.63) is 41.7 Å². The smallest absolute Gasteiger partial charge is 0.178 e. The molecule has 8 heteroatoms. The lowest BCUT2D eigenvalue weighted by Crippen LogP contribution is -2.33. The van der Waals surface area contributed by atoms with Crippen LogP contribution in [0.25, 0.3) is 5.65 Å². The predicted octanol–water partition coefficient (Wildman–Crippen LogP) is 2.20. The van der Waals surface area contributed by atoms with Crippen molar-refractivity contribution in [1.82, 2.24) is 34.7 Å². The number of anilines is 1. The van der Waals surface area contributed by atoms with E-state index in [9.17, 15) is 0 Å². The first-order chi connectivity index (χ1) is 13.8. The van der Waals surface area contributed by atoms with E-state index in [1.165, 1.54) is 18.4 Å². The maximum Gasteiger partial charge on any atom is 0.178 e. The Kier molecular flexibility index (Phi) is 4.64. The van der Waals surface area contributed by atoms with E-state index in [1.54, 1.807) is 0 Å². The van der Waals surface area contributed by atoms with Crippen molar-refractivity contribution in [2.75, 3.05) is 31.1 Å². The van der Waals surface area contributed by atoms with Crippen LogP contribution in [-0.2, 0) is 6.54 Å². The van der Waals surface area contributed by atoms with Gasteiger partial charge in [-0.2, -0.15) is 4.52 Å². The summed E-state index contributed by atoms with van der Waals surface area (Å²) in [4.78, 5) is 13.4. The quantitative estimate of drug-likeness (QED) is 0.689. The Morgan fingerprint density at radius 2 is 1.71 bits per heavy atom. The fraction of sp³-hybridized carbons (Fsp3) is 0.550. The summed E-state index contributed by atoms with van der Waals surface area (Å²) in [5, 5.41) is 13.7. The standard InChI is InChI=1S/C20H26N8/c1-15-21-12-16(13-22-15)14-26-10-6-17(7-11-26)20-24-23-18-4-5-19(25-28(18)20)27-8-2-3-9-27/h4-5,12-13,17H,2-3,6-11,14H2,1H3. The second kappa shape index (κ2) is 7.43. The van der Waals surface area contributed by atoms with E-state index in [0.29, 0.717) is 5.92 Å². The van der Waals surface area contributed by atoms with Crippen LogP contribution in [0.3, 0.4) is 0 Å². The normalized spacial score (nSPS) is 19.0. The van der Waals surface area contributed by atoms with Gasteiger partial charge in [0.15, 0.2) is 11.5 Å². The lowest BCUT2D eigenvalue weighted by atomic mass is 9.96. The van der Waals surface area contributed by atoms with E-state index in [4.69, 9.17) is 5.10 Å². The molecule has 0 spiro atoms. The zero-order valence-electron chi connectivity index (χ0n) is 16.3. The minimum atomic E-state index is 0.404. The Labute approximate surface area is 164 Å². The van der Waals surface area contributed by atoms with Crippen molar-refractivity contribution in [3.63, 3.8) is 0 Å². The molecular weight excluding hydrogens is 352 g/mol. The summed E-state index contributed by atoms with van der Waals surface area (Å²) < 4.78 is 1.97. The molecule has 2 aliphatic rings. The zero-order chi connectivity index (χ0) is 18.9. The van der Waals surface area contributed by atoms with Crippen LogP contribution >= 0.6 is 0 Å². The van der Waals surface area contributed by atoms with Gasteiger partial charge in [0.2, 0.25) is 0 Å². The maximum atomic E-state index is 4.87. The van der Waals surface area contributed by atoms with Crippen LogP contribution in [-0.4, -0.2) is 60.9 Å². The minimum Gasteiger partial charge on any atom is -0.355 e. The highest BCUT2D eigenvalue weighted by Gasteiger charge is 2.26. The first kappa shape index (κ1) is 17.5. The lowest BCUT2D eigenvalue weighted by molar-refractivity contribution is 0.200. The second-order valence-electron chi connectivity index (χ2n) is 7.90. The summed E-state index contributed by atoms with van der Waals surface area (Å²) in [5.41, 5.74) is 2.02. The zero-order valence-corrected chi connectivity index (χ0v) is 16.3. The fourth-order valence-corrected chi connectivity index (χ4v) is 4.27. The van der Waals surface area contributed by atoms with E-state index in [-0.39, 0.29) is 0 Å². The van der Waals surface area contributed by atoms with Gasteiger partial charge < -0.3 is 4.90 Å². The summed E-state index contributed by atoms with van der Waals surface area (Å²) in [6, 6.07) is 4.12. The number of fused-ring (bicyclic) bond motifs is 1. The van der Waals surface area contributed by atoms with E-state index in [1.807, 2.05) is 29.9 Å². The van der Waals surface area contributed by atoms with Crippen LogP contribution in [0.5, 0.6) is 0 Å². The van der Waals surface area contributed by atoms with Crippen molar-refractivity contribution in [1.29, 1.82) is 0 Å². The van der Waals surface area contributed by atoms with Gasteiger partial charge in [0.1, 0.15) is 11.6 Å². The van der Waals surface area contributed by atoms with Gasteiger partial charge >= 0.3 is 0 Å². The Bertz CT molecular complexity index is 936. The summed E-state index contributed by atoms with van der Waals surface area (Å²) in [6.45, 7) is 7.10. The van der Waals surface area contributed by atoms with Crippen LogP contribution in [0.4, 0.5) is 5.82 Å². The van der Waals surface area contributed by atoms with Gasteiger partial charge in [0.25, 0.3) is 0 Å². The number of likely N-dealkylation sites (tertiary alicyclic amines) is 1. The number of hydrogen-bond acceptors (Lipinski definition) is 7. The molecule has 28 heavy (non-hydrogen) atoms. The molecule has 0 radical (unpaired) electrons. The molecule has 2 fully saturated rings. The molecule has 0 N–H and O–H groups in total. The number of aromatic nitrogens is 6. The average molecular weight is 378 g/mol. The molecule has 5 heterocycles. The maximum absolute atomic E-state index is 4.87. The van der Waals surface area contributed by atoms with Crippen LogP contribution < -0.4 is 4.90 Å².